The van der Waals surface area contributed by atoms with Crippen molar-refractivity contribution in [1.82, 2.24) is 15.1 Å². The number of rotatable bonds is 6. The molecule has 0 radical (unpaired) electrons. The van der Waals surface area contributed by atoms with Crippen molar-refractivity contribution < 1.29 is 9.90 Å². The van der Waals surface area contributed by atoms with Gasteiger partial charge in [0.1, 0.15) is 5.54 Å². The van der Waals surface area contributed by atoms with Gasteiger partial charge in [-0.1, -0.05) is 0 Å². The molecule has 20 heavy (non-hydrogen) atoms. The Kier molecular flexibility index (Phi) is 4.72. The normalized spacial score (nSPS) is 28.6. The quantitative estimate of drug-likeness (QED) is 0.757. The molecule has 2 atom stereocenters. The Morgan fingerprint density at radius 3 is 2.50 bits per heavy atom. The predicted octanol–water partition coefficient (Wildman–Crippen LogP) is 0.854. The van der Waals surface area contributed by atoms with Crippen LogP contribution in [0.4, 0.5) is 0 Å². The van der Waals surface area contributed by atoms with Crippen molar-refractivity contribution in [3.8, 4) is 0 Å². The third kappa shape index (κ3) is 3.32. The molecule has 1 heterocycles. The number of nitrogens with zero attached hydrogens (tertiary/aromatic N) is 2. The van der Waals surface area contributed by atoms with Gasteiger partial charge in [0.05, 0.1) is 0 Å². The molecule has 0 aromatic heterocycles. The van der Waals surface area contributed by atoms with Crippen molar-refractivity contribution >= 4 is 5.97 Å². The van der Waals surface area contributed by atoms with Crippen molar-refractivity contribution in [1.29, 1.82) is 0 Å². The summed E-state index contributed by atoms with van der Waals surface area (Å²) in [5.41, 5.74) is -0.766. The fourth-order valence-electron chi connectivity index (χ4n) is 3.42. The maximum Gasteiger partial charge on any atom is 0.325 e. The highest BCUT2D eigenvalue weighted by atomic mass is 16.4. The summed E-state index contributed by atoms with van der Waals surface area (Å²) in [5.74, 6) is -0.394. The van der Waals surface area contributed by atoms with Gasteiger partial charge in [-0.2, -0.15) is 0 Å². The minimum absolute atomic E-state index is 0.189. The third-order valence-corrected chi connectivity index (χ3v) is 4.62. The summed E-state index contributed by atoms with van der Waals surface area (Å²) < 4.78 is 0. The van der Waals surface area contributed by atoms with Crippen molar-refractivity contribution in [2.45, 2.75) is 51.2 Å². The first kappa shape index (κ1) is 15.7. The summed E-state index contributed by atoms with van der Waals surface area (Å²) in [6.45, 7) is 9.89. The third-order valence-electron chi connectivity index (χ3n) is 4.62. The van der Waals surface area contributed by atoms with Crippen LogP contribution in [0.1, 0.15) is 33.6 Å². The lowest BCUT2D eigenvalue weighted by molar-refractivity contribution is -0.148. The van der Waals surface area contributed by atoms with Crippen LogP contribution in [0.5, 0.6) is 0 Å². The first-order valence-corrected chi connectivity index (χ1v) is 7.79. The van der Waals surface area contributed by atoms with E-state index in [1.165, 1.54) is 0 Å². The first-order valence-electron chi connectivity index (χ1n) is 7.79. The number of nitrogens with one attached hydrogen (secondary N) is 1. The van der Waals surface area contributed by atoms with E-state index in [1.54, 1.807) is 0 Å². The van der Waals surface area contributed by atoms with Crippen LogP contribution in [0, 0.1) is 5.92 Å². The second-order valence-corrected chi connectivity index (χ2v) is 6.93. The predicted molar refractivity (Wildman–Crippen MR) is 79.9 cm³/mol. The highest BCUT2D eigenvalue weighted by Crippen LogP contribution is 2.41. The van der Waals surface area contributed by atoms with Gasteiger partial charge in [-0.3, -0.25) is 15.0 Å². The molecule has 116 valence electrons. The Labute approximate surface area is 122 Å². The van der Waals surface area contributed by atoms with E-state index in [1.807, 2.05) is 13.8 Å². The number of hydrogen-bond acceptors (Lipinski definition) is 4. The molecule has 1 saturated heterocycles. The molecule has 5 nitrogen and oxygen atoms in total. The number of carbonyl (C=O) groups is 1. The van der Waals surface area contributed by atoms with Crippen LogP contribution in [0.2, 0.25) is 0 Å². The van der Waals surface area contributed by atoms with Crippen LogP contribution < -0.4 is 5.32 Å². The molecule has 0 amide bonds. The van der Waals surface area contributed by atoms with E-state index in [0.29, 0.717) is 12.6 Å². The van der Waals surface area contributed by atoms with Crippen molar-refractivity contribution in [3.63, 3.8) is 0 Å². The zero-order valence-corrected chi connectivity index (χ0v) is 13.2. The maximum absolute atomic E-state index is 12.0. The second kappa shape index (κ2) is 6.00. The smallest absolute Gasteiger partial charge is 0.325 e. The fraction of sp³-hybridized carbons (Fsp3) is 0.933. The van der Waals surface area contributed by atoms with Gasteiger partial charge in [-0.15, -0.1) is 0 Å². The number of likely N-dealkylation sites (N-methyl/N-ethyl adjacent to an activating group) is 1. The average Bonchev–Trinajstić information content (AvgIpc) is 3.14. The molecule has 0 spiro atoms. The number of carboxylic acid groups (broad SMARTS) is 1. The molecule has 1 aliphatic heterocycles. The van der Waals surface area contributed by atoms with E-state index in [0.717, 1.165) is 32.5 Å². The highest BCUT2D eigenvalue weighted by Gasteiger charge is 2.52. The molecule has 0 aromatic rings. The van der Waals surface area contributed by atoms with E-state index in [2.05, 4.69) is 29.1 Å². The lowest BCUT2D eigenvalue weighted by atomic mass is 9.90. The average molecular weight is 283 g/mol. The zero-order chi connectivity index (χ0) is 14.9. The summed E-state index contributed by atoms with van der Waals surface area (Å²) >= 11 is 0. The van der Waals surface area contributed by atoms with Crippen molar-refractivity contribution in [2.24, 2.45) is 5.92 Å². The van der Waals surface area contributed by atoms with Crippen LogP contribution in [-0.2, 0) is 4.79 Å². The van der Waals surface area contributed by atoms with Gasteiger partial charge < -0.3 is 10.0 Å². The first-order chi connectivity index (χ1) is 9.35. The SMILES string of the molecule is CC(C)NC(CN1CCN(C)CC1C)(C(=O)O)C1CC1. The summed E-state index contributed by atoms with van der Waals surface area (Å²) in [4.78, 5) is 16.6. The topological polar surface area (TPSA) is 55.8 Å². The van der Waals surface area contributed by atoms with E-state index < -0.39 is 11.5 Å². The summed E-state index contributed by atoms with van der Waals surface area (Å²) in [5, 5.41) is 13.2. The van der Waals surface area contributed by atoms with Gasteiger partial charge in [-0.05, 0) is 46.6 Å². The van der Waals surface area contributed by atoms with Crippen LogP contribution in [0.15, 0.2) is 0 Å². The Hall–Kier alpha value is -0.650. The molecule has 2 unspecified atom stereocenters. The molecule has 0 aromatic carbocycles. The number of hydrogen-bond donors (Lipinski definition) is 2. The molecule has 1 saturated carbocycles. The van der Waals surface area contributed by atoms with Gasteiger partial charge in [0.2, 0.25) is 0 Å². The summed E-state index contributed by atoms with van der Waals surface area (Å²) in [7, 11) is 2.13. The van der Waals surface area contributed by atoms with Gasteiger partial charge in [-0.25, -0.2) is 0 Å². The molecule has 2 aliphatic rings. The zero-order valence-electron chi connectivity index (χ0n) is 13.2. The number of aliphatic carboxylic acids is 1. The Balaban J connectivity index is 2.12. The minimum Gasteiger partial charge on any atom is -0.480 e. The summed E-state index contributed by atoms with van der Waals surface area (Å²) in [6, 6.07) is 0.606. The maximum atomic E-state index is 12.0. The van der Waals surface area contributed by atoms with Crippen LogP contribution >= 0.6 is 0 Å². The highest BCUT2D eigenvalue weighted by molar-refractivity contribution is 5.80. The Bertz CT molecular complexity index is 357. The molecule has 0 bridgehead atoms. The molecule has 1 aliphatic carbocycles. The number of piperazine rings is 1. The lowest BCUT2D eigenvalue weighted by Crippen LogP contribution is -2.65. The largest absolute Gasteiger partial charge is 0.480 e. The van der Waals surface area contributed by atoms with E-state index >= 15 is 0 Å². The monoisotopic (exact) mass is 283 g/mol. The summed E-state index contributed by atoms with van der Waals surface area (Å²) in [6.07, 6.45) is 2.07. The molecule has 2 fully saturated rings. The van der Waals surface area contributed by atoms with Gasteiger partial charge in [0, 0.05) is 38.3 Å². The van der Waals surface area contributed by atoms with Gasteiger partial charge in [0.15, 0.2) is 0 Å². The van der Waals surface area contributed by atoms with Gasteiger partial charge >= 0.3 is 5.97 Å². The standard InChI is InChI=1S/C15H29N3O2/c1-11(2)16-15(14(19)20,13-5-6-13)10-18-8-7-17(4)9-12(18)3/h11-13,16H,5-10H2,1-4H3,(H,19,20). The Morgan fingerprint density at radius 1 is 1.40 bits per heavy atom. The van der Waals surface area contributed by atoms with Crippen LogP contribution in [0.3, 0.4) is 0 Å². The fourth-order valence-corrected chi connectivity index (χ4v) is 3.42. The van der Waals surface area contributed by atoms with E-state index in [4.69, 9.17) is 0 Å². The minimum atomic E-state index is -0.766. The van der Waals surface area contributed by atoms with E-state index in [-0.39, 0.29) is 12.0 Å². The van der Waals surface area contributed by atoms with Crippen LogP contribution in [-0.4, -0.2) is 71.7 Å². The molecule has 5 heteroatoms. The van der Waals surface area contributed by atoms with Crippen LogP contribution in [0.25, 0.3) is 0 Å². The molecule has 2 N–H and O–H groups in total. The van der Waals surface area contributed by atoms with Crippen molar-refractivity contribution in [3.05, 3.63) is 0 Å². The lowest BCUT2D eigenvalue weighted by Gasteiger charge is -2.44. The molecular weight excluding hydrogens is 254 g/mol. The molecular formula is C15H29N3O2. The molecule has 2 rings (SSSR count). The Morgan fingerprint density at radius 2 is 2.05 bits per heavy atom. The van der Waals surface area contributed by atoms with Gasteiger partial charge in [0.25, 0.3) is 0 Å². The van der Waals surface area contributed by atoms with Crippen molar-refractivity contribution in [2.75, 3.05) is 33.2 Å². The second-order valence-electron chi connectivity index (χ2n) is 6.93. The number of carboxylic acids is 1. The van der Waals surface area contributed by atoms with E-state index in [9.17, 15) is 9.90 Å².